The van der Waals surface area contributed by atoms with Crippen LogP contribution >= 0.6 is 0 Å². The molecule has 0 spiro atoms. The van der Waals surface area contributed by atoms with Crippen molar-refractivity contribution in [2.75, 3.05) is 6.61 Å². The number of aromatic amines is 1. The molecule has 158 valence electrons. The molecule has 29 heavy (non-hydrogen) atoms. The van der Waals surface area contributed by atoms with E-state index in [1.54, 1.807) is 18.3 Å². The highest BCUT2D eigenvalue weighted by Gasteiger charge is 2.35. The SMILES string of the molecule is CCCO[C@H]1C[C@@H](C(=O)NCc2c(C)noc2C)CC[C@@H]1NC(=O)c1ccc[nH]1. The quantitative estimate of drug-likeness (QED) is 0.629. The third-order valence-electron chi connectivity index (χ3n) is 5.48. The number of nitrogens with zero attached hydrogens (tertiary/aromatic N) is 1. The number of nitrogens with one attached hydrogen (secondary N) is 3. The molecule has 3 N–H and O–H groups in total. The number of aromatic nitrogens is 2. The van der Waals surface area contributed by atoms with Crippen molar-refractivity contribution in [2.45, 2.75) is 65.1 Å². The van der Waals surface area contributed by atoms with Crippen molar-refractivity contribution in [2.24, 2.45) is 5.92 Å². The molecule has 0 radical (unpaired) electrons. The summed E-state index contributed by atoms with van der Waals surface area (Å²) in [6.45, 7) is 6.76. The Morgan fingerprint density at radius 3 is 2.83 bits per heavy atom. The van der Waals surface area contributed by atoms with E-state index in [2.05, 4.69) is 20.8 Å². The molecule has 1 aliphatic carbocycles. The van der Waals surface area contributed by atoms with Gasteiger partial charge < -0.3 is 24.9 Å². The molecule has 3 rings (SSSR count). The second kappa shape index (κ2) is 9.73. The van der Waals surface area contributed by atoms with Gasteiger partial charge in [-0.05, 0) is 51.7 Å². The highest BCUT2D eigenvalue weighted by atomic mass is 16.5. The van der Waals surface area contributed by atoms with Crippen LogP contribution < -0.4 is 10.6 Å². The van der Waals surface area contributed by atoms with Gasteiger partial charge >= 0.3 is 0 Å². The van der Waals surface area contributed by atoms with E-state index in [4.69, 9.17) is 9.26 Å². The van der Waals surface area contributed by atoms with Crippen LogP contribution in [0.1, 0.15) is 60.1 Å². The van der Waals surface area contributed by atoms with Gasteiger partial charge in [-0.3, -0.25) is 9.59 Å². The van der Waals surface area contributed by atoms with E-state index in [1.807, 2.05) is 20.8 Å². The number of ether oxygens (including phenoxy) is 1. The number of rotatable bonds is 8. The van der Waals surface area contributed by atoms with Crippen molar-refractivity contribution >= 4 is 11.8 Å². The monoisotopic (exact) mass is 402 g/mol. The Balaban J connectivity index is 1.58. The maximum absolute atomic E-state index is 12.7. The second-order valence-electron chi connectivity index (χ2n) is 7.60. The molecule has 2 amide bonds. The first-order valence-corrected chi connectivity index (χ1v) is 10.2. The van der Waals surface area contributed by atoms with E-state index in [-0.39, 0.29) is 29.9 Å². The lowest BCUT2D eigenvalue weighted by molar-refractivity contribution is -0.128. The molecule has 2 heterocycles. The Bertz CT molecular complexity index is 795. The fourth-order valence-electron chi connectivity index (χ4n) is 3.78. The van der Waals surface area contributed by atoms with Crippen LogP contribution in [0.25, 0.3) is 0 Å². The normalized spacial score (nSPS) is 21.7. The van der Waals surface area contributed by atoms with E-state index >= 15 is 0 Å². The Hall–Kier alpha value is -2.61. The van der Waals surface area contributed by atoms with Crippen LogP contribution in [-0.2, 0) is 16.1 Å². The van der Waals surface area contributed by atoms with Crippen molar-refractivity contribution in [3.63, 3.8) is 0 Å². The molecule has 1 saturated carbocycles. The molecule has 0 aliphatic heterocycles. The first kappa shape index (κ1) is 21.1. The van der Waals surface area contributed by atoms with Crippen molar-refractivity contribution in [3.05, 3.63) is 41.0 Å². The molecule has 0 saturated heterocycles. The number of carbonyl (C=O) groups excluding carboxylic acids is 2. The van der Waals surface area contributed by atoms with E-state index in [9.17, 15) is 9.59 Å². The molecule has 8 nitrogen and oxygen atoms in total. The molecule has 1 aliphatic rings. The van der Waals surface area contributed by atoms with E-state index < -0.39 is 0 Å². The summed E-state index contributed by atoms with van der Waals surface area (Å²) in [6.07, 6.45) is 4.41. The van der Waals surface area contributed by atoms with Gasteiger partial charge in [0.05, 0.1) is 17.8 Å². The molecular formula is C21H30N4O4. The maximum Gasteiger partial charge on any atom is 0.267 e. The van der Waals surface area contributed by atoms with Crippen LogP contribution in [-0.4, -0.2) is 40.7 Å². The van der Waals surface area contributed by atoms with Crippen LogP contribution in [0.4, 0.5) is 0 Å². The summed E-state index contributed by atoms with van der Waals surface area (Å²) in [4.78, 5) is 28.1. The van der Waals surface area contributed by atoms with Crippen molar-refractivity contribution in [1.82, 2.24) is 20.8 Å². The van der Waals surface area contributed by atoms with Gasteiger partial charge in [0.15, 0.2) is 0 Å². The number of amides is 2. The predicted octanol–water partition coefficient (Wildman–Crippen LogP) is 2.63. The van der Waals surface area contributed by atoms with E-state index in [1.165, 1.54) is 0 Å². The van der Waals surface area contributed by atoms with Gasteiger partial charge in [-0.25, -0.2) is 0 Å². The number of aryl methyl sites for hydroxylation is 2. The summed E-state index contributed by atoms with van der Waals surface area (Å²) < 4.78 is 11.2. The first-order chi connectivity index (χ1) is 14.0. The minimum Gasteiger partial charge on any atom is -0.376 e. The van der Waals surface area contributed by atoms with Gasteiger partial charge in [0, 0.05) is 30.8 Å². The summed E-state index contributed by atoms with van der Waals surface area (Å²) in [5.41, 5.74) is 2.24. The fraction of sp³-hybridized carbons (Fsp3) is 0.571. The summed E-state index contributed by atoms with van der Waals surface area (Å²) in [5.74, 6) is 0.439. The highest BCUT2D eigenvalue weighted by molar-refractivity contribution is 5.92. The Morgan fingerprint density at radius 1 is 1.34 bits per heavy atom. The third kappa shape index (κ3) is 5.26. The predicted molar refractivity (Wildman–Crippen MR) is 107 cm³/mol. The number of hydrogen-bond donors (Lipinski definition) is 3. The van der Waals surface area contributed by atoms with Gasteiger partial charge in [-0.1, -0.05) is 12.1 Å². The fourth-order valence-corrected chi connectivity index (χ4v) is 3.78. The largest absolute Gasteiger partial charge is 0.376 e. The zero-order valence-electron chi connectivity index (χ0n) is 17.3. The van der Waals surface area contributed by atoms with Crippen molar-refractivity contribution < 1.29 is 18.8 Å². The molecule has 2 aromatic heterocycles. The van der Waals surface area contributed by atoms with Gasteiger partial charge in [-0.2, -0.15) is 0 Å². The second-order valence-corrected chi connectivity index (χ2v) is 7.60. The van der Waals surface area contributed by atoms with Crippen LogP contribution in [0.5, 0.6) is 0 Å². The zero-order valence-corrected chi connectivity index (χ0v) is 17.3. The summed E-state index contributed by atoms with van der Waals surface area (Å²) in [6, 6.07) is 3.43. The molecule has 8 heteroatoms. The maximum atomic E-state index is 12.7. The Labute approximate surface area is 170 Å². The lowest BCUT2D eigenvalue weighted by Crippen LogP contribution is -2.50. The number of hydrogen-bond acceptors (Lipinski definition) is 5. The first-order valence-electron chi connectivity index (χ1n) is 10.2. The van der Waals surface area contributed by atoms with Gasteiger partial charge in [0.25, 0.3) is 5.91 Å². The van der Waals surface area contributed by atoms with Crippen LogP contribution in [0.3, 0.4) is 0 Å². The molecule has 0 unspecified atom stereocenters. The lowest BCUT2D eigenvalue weighted by Gasteiger charge is -2.35. The highest BCUT2D eigenvalue weighted by Crippen LogP contribution is 2.28. The minimum absolute atomic E-state index is 0.00393. The molecule has 0 aromatic carbocycles. The number of H-pyrrole nitrogens is 1. The standard InChI is InChI=1S/C21H30N4O4/c1-4-10-28-19-11-15(20(26)23-12-16-13(2)25-29-14(16)3)7-8-17(19)24-21(27)18-6-5-9-22-18/h5-6,9,15,17,19,22H,4,7-8,10-12H2,1-3H3,(H,23,26)(H,24,27)/t15-,17-,19-/m0/s1. The van der Waals surface area contributed by atoms with Crippen molar-refractivity contribution in [1.29, 1.82) is 0 Å². The minimum atomic E-state index is -0.183. The zero-order chi connectivity index (χ0) is 20.8. The van der Waals surface area contributed by atoms with Crippen LogP contribution in [0.15, 0.2) is 22.9 Å². The Kier molecular flexibility index (Phi) is 7.09. The summed E-state index contributed by atoms with van der Waals surface area (Å²) in [7, 11) is 0. The summed E-state index contributed by atoms with van der Waals surface area (Å²) in [5, 5.41) is 9.99. The number of carbonyl (C=O) groups is 2. The molecule has 0 bridgehead atoms. The van der Waals surface area contributed by atoms with Gasteiger partial charge in [0.2, 0.25) is 5.91 Å². The average Bonchev–Trinajstić information content (AvgIpc) is 3.36. The topological polar surface area (TPSA) is 109 Å². The van der Waals surface area contributed by atoms with Gasteiger partial charge in [-0.15, -0.1) is 0 Å². The molecule has 1 fully saturated rings. The van der Waals surface area contributed by atoms with Crippen LogP contribution in [0.2, 0.25) is 0 Å². The molecular weight excluding hydrogens is 372 g/mol. The lowest BCUT2D eigenvalue weighted by atomic mass is 9.83. The summed E-state index contributed by atoms with van der Waals surface area (Å²) >= 11 is 0. The van der Waals surface area contributed by atoms with Gasteiger partial charge in [0.1, 0.15) is 11.5 Å². The van der Waals surface area contributed by atoms with E-state index in [0.717, 1.165) is 23.4 Å². The smallest absolute Gasteiger partial charge is 0.267 e. The van der Waals surface area contributed by atoms with Crippen LogP contribution in [0, 0.1) is 19.8 Å². The molecule has 2 aromatic rings. The third-order valence-corrected chi connectivity index (χ3v) is 5.48. The molecule has 3 atom stereocenters. The van der Waals surface area contributed by atoms with Crippen molar-refractivity contribution in [3.8, 4) is 0 Å². The Morgan fingerprint density at radius 2 is 2.17 bits per heavy atom. The average molecular weight is 402 g/mol. The van der Waals surface area contributed by atoms with E-state index in [0.29, 0.717) is 38.1 Å².